The van der Waals surface area contributed by atoms with Crippen LogP contribution >= 0.6 is 22.7 Å². The smallest absolute Gasteiger partial charge is 0.369 e. The summed E-state index contributed by atoms with van der Waals surface area (Å²) in [7, 11) is 3.15. The van der Waals surface area contributed by atoms with Crippen LogP contribution in [-0.2, 0) is 28.5 Å². The molecule has 2 aliphatic carbocycles. The fraction of sp³-hybridized carbons (Fsp3) is 0.412. The lowest BCUT2D eigenvalue weighted by Gasteiger charge is -2.45. The van der Waals surface area contributed by atoms with Gasteiger partial charge < -0.3 is 38.6 Å². The molecule has 0 atom stereocenters. The van der Waals surface area contributed by atoms with E-state index in [4.69, 9.17) is 28.4 Å². The van der Waals surface area contributed by atoms with Crippen LogP contribution in [0.3, 0.4) is 0 Å². The van der Waals surface area contributed by atoms with Crippen molar-refractivity contribution in [1.29, 1.82) is 0 Å². The van der Waals surface area contributed by atoms with Gasteiger partial charge in [-0.05, 0) is 73.9 Å². The van der Waals surface area contributed by atoms with E-state index in [0.29, 0.717) is 84.2 Å². The number of ether oxygens (including phenoxy) is 6. The number of aliphatic hydroxyl groups is 2. The summed E-state index contributed by atoms with van der Waals surface area (Å²) < 4.78 is 35.1. The quantitative estimate of drug-likeness (QED) is 0.136. The first-order valence-electron chi connectivity index (χ1n) is 16.6. The zero-order valence-electron chi connectivity index (χ0n) is 27.9. The maximum Gasteiger partial charge on any atom is 0.369 e. The normalized spacial score (nSPS) is 26.7. The number of esters is 2. The SMILES string of the molecule is COc1ccc2nc(/N=N/C3=C(O)OC4(CCC(C5CCC6(CC5)OC(=O)C(/N=N/c5nc7ccc(OC)cc7s5)=C(O)O6)CC4)OC3=O)sc2c1. The number of benzene rings is 2. The number of nitrogens with zero attached hydrogens (tertiary/aromatic N) is 6. The van der Waals surface area contributed by atoms with Gasteiger partial charge in [-0.2, -0.15) is 0 Å². The second-order valence-corrected chi connectivity index (χ2v) is 14.9. The van der Waals surface area contributed by atoms with Crippen molar-refractivity contribution in [1.82, 2.24) is 9.97 Å². The summed E-state index contributed by atoms with van der Waals surface area (Å²) in [6.45, 7) is 0. The van der Waals surface area contributed by atoms with Gasteiger partial charge >= 0.3 is 23.8 Å². The van der Waals surface area contributed by atoms with E-state index >= 15 is 0 Å². The molecule has 2 aromatic heterocycles. The number of carbonyl (C=O) groups excluding carboxylic acids is 2. The van der Waals surface area contributed by atoms with E-state index in [-0.39, 0.29) is 11.8 Å². The van der Waals surface area contributed by atoms with Crippen molar-refractivity contribution >= 4 is 65.3 Å². The van der Waals surface area contributed by atoms with Crippen molar-refractivity contribution in [2.24, 2.45) is 32.3 Å². The summed E-state index contributed by atoms with van der Waals surface area (Å²) in [5, 5.41) is 37.8. The van der Waals surface area contributed by atoms with Gasteiger partial charge in [-0.1, -0.05) is 22.7 Å². The highest BCUT2D eigenvalue weighted by atomic mass is 32.1. The third-order valence-corrected chi connectivity index (χ3v) is 11.6. The van der Waals surface area contributed by atoms with Crippen LogP contribution < -0.4 is 9.47 Å². The van der Waals surface area contributed by atoms with E-state index in [2.05, 4.69) is 30.4 Å². The average Bonchev–Trinajstić information content (AvgIpc) is 3.74. The number of aromatic nitrogens is 2. The average molecular weight is 749 g/mol. The fourth-order valence-electron chi connectivity index (χ4n) is 7.09. The highest BCUT2D eigenvalue weighted by molar-refractivity contribution is 7.22. The third kappa shape index (κ3) is 6.47. The highest BCUT2D eigenvalue weighted by Crippen LogP contribution is 2.49. The Hall–Kier alpha value is -5.36. The summed E-state index contributed by atoms with van der Waals surface area (Å²) >= 11 is 2.51. The monoisotopic (exact) mass is 748 g/mol. The minimum Gasteiger partial charge on any atom is -0.497 e. The van der Waals surface area contributed by atoms with Gasteiger partial charge in [0.25, 0.3) is 23.0 Å². The Bertz CT molecular complexity index is 2040. The Morgan fingerprint density at radius 1 is 0.654 bits per heavy atom. The summed E-state index contributed by atoms with van der Waals surface area (Å²) in [6.07, 6.45) is 4.24. The molecule has 0 saturated heterocycles. The number of methoxy groups -OCH3 is 2. The number of azo groups is 2. The second kappa shape index (κ2) is 13.3. The summed E-state index contributed by atoms with van der Waals surface area (Å²) in [4.78, 5) is 34.6. The number of hydrogen-bond acceptors (Lipinski definition) is 18. The Labute approximate surface area is 303 Å². The minimum absolute atomic E-state index is 0.275. The van der Waals surface area contributed by atoms with Crippen molar-refractivity contribution in [2.45, 2.75) is 62.9 Å². The molecule has 4 aromatic rings. The first-order chi connectivity index (χ1) is 25.1. The molecule has 2 aromatic carbocycles. The molecular formula is C34H32N6O10S2. The minimum atomic E-state index is -1.29. The van der Waals surface area contributed by atoms with Crippen molar-refractivity contribution in [3.63, 3.8) is 0 Å². The van der Waals surface area contributed by atoms with Gasteiger partial charge in [0.1, 0.15) is 11.5 Å². The zero-order chi connectivity index (χ0) is 36.0. The molecule has 270 valence electrons. The fourth-order valence-corrected chi connectivity index (χ4v) is 8.72. The Morgan fingerprint density at radius 2 is 1.06 bits per heavy atom. The van der Waals surface area contributed by atoms with Gasteiger partial charge in [-0.25, -0.2) is 19.6 Å². The molecule has 4 aliphatic rings. The number of hydrogen-bond donors (Lipinski definition) is 2. The van der Waals surface area contributed by atoms with Crippen LogP contribution in [-0.4, -0.2) is 57.9 Å². The Balaban J connectivity index is 0.856. The van der Waals surface area contributed by atoms with Crippen LogP contribution in [0.25, 0.3) is 20.4 Å². The van der Waals surface area contributed by atoms with E-state index in [0.717, 1.165) is 9.40 Å². The van der Waals surface area contributed by atoms with Crippen molar-refractivity contribution < 1.29 is 48.2 Å². The largest absolute Gasteiger partial charge is 0.497 e. The topological polar surface area (TPSA) is 205 Å². The van der Waals surface area contributed by atoms with Crippen LogP contribution in [0.4, 0.5) is 10.3 Å². The van der Waals surface area contributed by atoms with Crippen molar-refractivity contribution in [3.05, 3.63) is 59.7 Å². The highest BCUT2D eigenvalue weighted by Gasteiger charge is 2.51. The summed E-state index contributed by atoms with van der Waals surface area (Å²) in [6, 6.07) is 10.8. The summed E-state index contributed by atoms with van der Waals surface area (Å²) in [5.41, 5.74) is 0.540. The molecule has 2 saturated carbocycles. The molecule has 18 heteroatoms. The van der Waals surface area contributed by atoms with Gasteiger partial charge in [0.15, 0.2) is 0 Å². The van der Waals surface area contributed by atoms with Crippen LogP contribution in [0.5, 0.6) is 11.5 Å². The molecule has 2 spiro atoms. The lowest BCUT2D eigenvalue weighted by atomic mass is 9.70. The van der Waals surface area contributed by atoms with E-state index in [1.807, 2.05) is 12.1 Å². The first-order valence-corrected chi connectivity index (χ1v) is 18.2. The molecule has 0 radical (unpaired) electrons. The lowest BCUT2D eigenvalue weighted by molar-refractivity contribution is -0.262. The van der Waals surface area contributed by atoms with Crippen LogP contribution in [0.1, 0.15) is 51.4 Å². The van der Waals surface area contributed by atoms with Crippen LogP contribution in [0.2, 0.25) is 0 Å². The van der Waals surface area contributed by atoms with Gasteiger partial charge in [0.2, 0.25) is 10.3 Å². The van der Waals surface area contributed by atoms with Crippen LogP contribution in [0, 0.1) is 11.8 Å². The molecule has 8 rings (SSSR count). The number of fused-ring (bicyclic) bond motifs is 2. The molecule has 0 bridgehead atoms. The van der Waals surface area contributed by atoms with Crippen molar-refractivity contribution in [2.75, 3.05) is 14.2 Å². The molecule has 4 heterocycles. The molecule has 52 heavy (non-hydrogen) atoms. The first kappa shape index (κ1) is 33.8. The maximum absolute atomic E-state index is 13.0. The number of carbonyl (C=O) groups is 2. The molecule has 0 amide bonds. The maximum atomic E-state index is 13.0. The van der Waals surface area contributed by atoms with E-state index in [1.54, 1.807) is 38.5 Å². The zero-order valence-corrected chi connectivity index (χ0v) is 29.6. The molecule has 16 nitrogen and oxygen atoms in total. The second-order valence-electron chi connectivity index (χ2n) is 12.8. The predicted molar refractivity (Wildman–Crippen MR) is 184 cm³/mol. The Kier molecular flexibility index (Phi) is 8.65. The Morgan fingerprint density at radius 3 is 1.42 bits per heavy atom. The third-order valence-electron chi connectivity index (χ3n) is 9.81. The number of thiazole rings is 2. The van der Waals surface area contributed by atoms with E-state index in [1.165, 1.54) is 22.7 Å². The standard InChI is InChI=1S/C34H32N6O10S2/c1-45-19-3-5-21-23(15-19)51-31(35-21)39-37-25-27(41)47-33(48-28(25)42)11-7-17(8-12-33)18-9-13-34(14-10-18)49-29(43)26(30(44)50-34)38-40-32-36-22-6-4-20(46-2)16-24(22)52-32/h3-6,15-18,41,43H,7-14H2,1-2H3/b39-37+,40-38+. The van der Waals surface area contributed by atoms with E-state index < -0.39 is 46.8 Å². The van der Waals surface area contributed by atoms with Gasteiger partial charge in [0.05, 0.1) is 34.7 Å². The number of rotatable bonds is 7. The molecule has 2 fully saturated rings. The van der Waals surface area contributed by atoms with Gasteiger partial charge in [-0.15, -0.1) is 20.5 Å². The van der Waals surface area contributed by atoms with Gasteiger partial charge in [0, 0.05) is 25.7 Å². The van der Waals surface area contributed by atoms with Gasteiger partial charge in [-0.3, -0.25) is 0 Å². The summed E-state index contributed by atoms with van der Waals surface area (Å²) in [5.74, 6) is -3.59. The number of aliphatic hydroxyl groups excluding tert-OH is 2. The van der Waals surface area contributed by atoms with Crippen LogP contribution in [0.15, 0.2) is 80.1 Å². The predicted octanol–water partition coefficient (Wildman–Crippen LogP) is 8.16. The van der Waals surface area contributed by atoms with Crippen molar-refractivity contribution in [3.8, 4) is 11.5 Å². The molecule has 2 aliphatic heterocycles. The molecule has 0 unspecified atom stereocenters. The van der Waals surface area contributed by atoms with E-state index in [9.17, 15) is 19.8 Å². The molecule has 2 N–H and O–H groups in total. The molecular weight excluding hydrogens is 717 g/mol. The lowest BCUT2D eigenvalue weighted by Crippen LogP contribution is -2.48.